The first-order valence-corrected chi connectivity index (χ1v) is 8.33. The van der Waals surface area contributed by atoms with Gasteiger partial charge in [-0.05, 0) is 38.8 Å². The number of carbonyl (C=O) groups excluding carboxylic acids is 1. The number of nitrogens with two attached hydrogens (primary N) is 1. The minimum Gasteiger partial charge on any atom is -0.365 e. The highest BCUT2D eigenvalue weighted by molar-refractivity contribution is 6.38. The van der Waals surface area contributed by atoms with Gasteiger partial charge >= 0.3 is 0 Å². The molecule has 1 amide bonds. The summed E-state index contributed by atoms with van der Waals surface area (Å²) in [6.45, 7) is 4.16. The van der Waals surface area contributed by atoms with Crippen LogP contribution in [0.15, 0.2) is 0 Å². The lowest BCUT2D eigenvalue weighted by atomic mass is 10.0. The highest BCUT2D eigenvalue weighted by Gasteiger charge is 2.28. The molecule has 0 atom stereocenters. The van der Waals surface area contributed by atoms with Gasteiger partial charge < -0.3 is 15.5 Å². The second-order valence-electron chi connectivity index (χ2n) is 5.81. The lowest BCUT2D eigenvalue weighted by Crippen LogP contribution is -2.44. The Morgan fingerprint density at radius 1 is 1.05 bits per heavy atom. The molecular formula is C14H19Cl2N5O. The summed E-state index contributed by atoms with van der Waals surface area (Å²) in [5.74, 6) is -0.242. The van der Waals surface area contributed by atoms with Crippen molar-refractivity contribution in [2.24, 2.45) is 5.73 Å². The predicted octanol–water partition coefficient (Wildman–Crippen LogP) is 1.95. The van der Waals surface area contributed by atoms with Gasteiger partial charge in [0.15, 0.2) is 0 Å². The number of anilines is 1. The molecule has 0 saturated carbocycles. The number of primary amides is 1. The van der Waals surface area contributed by atoms with Crippen LogP contribution in [0.4, 0.5) is 5.95 Å². The SMILES string of the molecule is NC(=O)c1c(Cl)nc(N2CCC(N3CCCC3)CC2)nc1Cl. The molecule has 6 nitrogen and oxygen atoms in total. The van der Waals surface area contributed by atoms with Gasteiger partial charge in [0.05, 0.1) is 0 Å². The molecule has 0 radical (unpaired) electrons. The lowest BCUT2D eigenvalue weighted by molar-refractivity contribution is 0.1000. The number of piperidine rings is 1. The van der Waals surface area contributed by atoms with E-state index in [-0.39, 0.29) is 15.9 Å². The van der Waals surface area contributed by atoms with E-state index in [1.807, 2.05) is 0 Å². The fourth-order valence-corrected chi connectivity index (χ4v) is 3.84. The molecule has 1 aromatic rings. The molecule has 8 heteroatoms. The maximum Gasteiger partial charge on any atom is 0.254 e. The molecule has 2 aliphatic rings. The van der Waals surface area contributed by atoms with Crippen LogP contribution >= 0.6 is 23.2 Å². The molecule has 2 saturated heterocycles. The standard InChI is InChI=1S/C14H19Cl2N5O/c15-11-10(13(17)22)12(16)19-14(18-11)21-7-3-9(4-8-21)20-5-1-2-6-20/h9H,1-8H2,(H2,17,22). The fourth-order valence-electron chi connectivity index (χ4n) is 3.28. The average Bonchev–Trinajstić information content (AvgIpc) is 3.00. The zero-order valence-electron chi connectivity index (χ0n) is 12.3. The van der Waals surface area contributed by atoms with Gasteiger partial charge in [0.1, 0.15) is 15.9 Å². The first-order valence-electron chi connectivity index (χ1n) is 7.58. The molecule has 3 heterocycles. The van der Waals surface area contributed by atoms with Crippen LogP contribution in [0.5, 0.6) is 0 Å². The molecule has 120 valence electrons. The third-order valence-corrected chi connectivity index (χ3v) is 5.01. The molecule has 0 bridgehead atoms. The number of aromatic nitrogens is 2. The van der Waals surface area contributed by atoms with Gasteiger partial charge in [0, 0.05) is 19.1 Å². The maximum atomic E-state index is 11.3. The average molecular weight is 344 g/mol. The minimum atomic E-state index is -0.714. The van der Waals surface area contributed by atoms with Gasteiger partial charge in [-0.3, -0.25) is 4.79 Å². The molecule has 2 fully saturated rings. The maximum absolute atomic E-state index is 11.3. The highest BCUT2D eigenvalue weighted by atomic mass is 35.5. The minimum absolute atomic E-state index is 0.0148. The van der Waals surface area contributed by atoms with E-state index in [2.05, 4.69) is 19.8 Å². The zero-order chi connectivity index (χ0) is 15.7. The van der Waals surface area contributed by atoms with Crippen LogP contribution < -0.4 is 10.6 Å². The Labute approximate surface area is 139 Å². The molecule has 22 heavy (non-hydrogen) atoms. The Balaban J connectivity index is 1.69. The predicted molar refractivity (Wildman–Crippen MR) is 86.6 cm³/mol. The first kappa shape index (κ1) is 15.8. The number of hydrogen-bond donors (Lipinski definition) is 1. The van der Waals surface area contributed by atoms with Crippen LogP contribution in [0.2, 0.25) is 10.3 Å². The Hall–Kier alpha value is -1.11. The fraction of sp³-hybridized carbons (Fsp3) is 0.643. The Morgan fingerprint density at radius 3 is 2.09 bits per heavy atom. The van der Waals surface area contributed by atoms with Crippen LogP contribution in [0, 0.1) is 0 Å². The van der Waals surface area contributed by atoms with Crippen LogP contribution in [0.1, 0.15) is 36.0 Å². The summed E-state index contributed by atoms with van der Waals surface area (Å²) in [5, 5.41) is 0.0355. The third-order valence-electron chi connectivity index (χ3n) is 4.46. The smallest absolute Gasteiger partial charge is 0.254 e. The summed E-state index contributed by atoms with van der Waals surface area (Å²) in [5.41, 5.74) is 5.21. The Kier molecular flexibility index (Phi) is 4.70. The van der Waals surface area contributed by atoms with Crippen molar-refractivity contribution in [1.82, 2.24) is 14.9 Å². The molecule has 0 aromatic carbocycles. The summed E-state index contributed by atoms with van der Waals surface area (Å²) in [6, 6.07) is 0.648. The summed E-state index contributed by atoms with van der Waals surface area (Å²) in [7, 11) is 0. The van der Waals surface area contributed by atoms with Crippen molar-refractivity contribution in [1.29, 1.82) is 0 Å². The van der Waals surface area contributed by atoms with E-state index < -0.39 is 5.91 Å². The van der Waals surface area contributed by atoms with Crippen molar-refractivity contribution in [2.45, 2.75) is 31.7 Å². The quantitative estimate of drug-likeness (QED) is 0.849. The number of halogens is 2. The largest absolute Gasteiger partial charge is 0.365 e. The van der Waals surface area contributed by atoms with Gasteiger partial charge in [-0.25, -0.2) is 9.97 Å². The number of amides is 1. The molecular weight excluding hydrogens is 325 g/mol. The van der Waals surface area contributed by atoms with Gasteiger partial charge in [0.2, 0.25) is 5.95 Å². The molecule has 3 rings (SSSR count). The molecule has 0 aliphatic carbocycles. The van der Waals surface area contributed by atoms with E-state index in [1.165, 1.54) is 25.9 Å². The number of nitrogens with zero attached hydrogens (tertiary/aromatic N) is 4. The van der Waals surface area contributed by atoms with Crippen LogP contribution in [0.3, 0.4) is 0 Å². The summed E-state index contributed by atoms with van der Waals surface area (Å²) in [4.78, 5) is 24.3. The summed E-state index contributed by atoms with van der Waals surface area (Å²) < 4.78 is 0. The van der Waals surface area contributed by atoms with E-state index in [4.69, 9.17) is 28.9 Å². The van der Waals surface area contributed by atoms with Gasteiger partial charge in [0.25, 0.3) is 5.91 Å². The Morgan fingerprint density at radius 2 is 1.59 bits per heavy atom. The van der Waals surface area contributed by atoms with Crippen molar-refractivity contribution in [3.63, 3.8) is 0 Å². The lowest BCUT2D eigenvalue weighted by Gasteiger charge is -2.36. The molecule has 1 aromatic heterocycles. The van der Waals surface area contributed by atoms with Crippen molar-refractivity contribution in [2.75, 3.05) is 31.1 Å². The monoisotopic (exact) mass is 343 g/mol. The highest BCUT2D eigenvalue weighted by Crippen LogP contribution is 2.27. The molecule has 2 N–H and O–H groups in total. The van der Waals surface area contributed by atoms with Gasteiger partial charge in [-0.2, -0.15) is 0 Å². The van der Waals surface area contributed by atoms with Crippen LogP contribution in [0.25, 0.3) is 0 Å². The number of rotatable bonds is 3. The van der Waals surface area contributed by atoms with Crippen molar-refractivity contribution >= 4 is 35.1 Å². The Bertz CT molecular complexity index is 545. The van der Waals surface area contributed by atoms with Gasteiger partial charge in [-0.15, -0.1) is 0 Å². The first-order chi connectivity index (χ1) is 10.6. The molecule has 2 aliphatic heterocycles. The number of hydrogen-bond acceptors (Lipinski definition) is 5. The van der Waals surface area contributed by atoms with E-state index in [0.29, 0.717) is 12.0 Å². The topological polar surface area (TPSA) is 75.4 Å². The van der Waals surface area contributed by atoms with Crippen molar-refractivity contribution in [3.8, 4) is 0 Å². The van der Waals surface area contributed by atoms with E-state index in [1.54, 1.807) is 0 Å². The second-order valence-corrected chi connectivity index (χ2v) is 6.52. The van der Waals surface area contributed by atoms with Gasteiger partial charge in [-0.1, -0.05) is 23.2 Å². The molecule has 0 spiro atoms. The third kappa shape index (κ3) is 3.14. The van der Waals surface area contributed by atoms with E-state index in [9.17, 15) is 4.79 Å². The normalized spacial score (nSPS) is 20.5. The van der Waals surface area contributed by atoms with Crippen molar-refractivity contribution < 1.29 is 4.79 Å². The summed E-state index contributed by atoms with van der Waals surface area (Å²) in [6.07, 6.45) is 4.78. The van der Waals surface area contributed by atoms with E-state index >= 15 is 0 Å². The van der Waals surface area contributed by atoms with E-state index in [0.717, 1.165) is 25.9 Å². The van der Waals surface area contributed by atoms with Crippen molar-refractivity contribution in [3.05, 3.63) is 15.9 Å². The van der Waals surface area contributed by atoms with Crippen LogP contribution in [-0.2, 0) is 0 Å². The second kappa shape index (κ2) is 6.56. The molecule has 0 unspecified atom stereocenters. The zero-order valence-corrected chi connectivity index (χ0v) is 13.8. The summed E-state index contributed by atoms with van der Waals surface area (Å²) >= 11 is 12.0. The van der Waals surface area contributed by atoms with Crippen LogP contribution in [-0.4, -0.2) is 53.0 Å². The number of likely N-dealkylation sites (tertiary alicyclic amines) is 1. The number of carbonyl (C=O) groups is 1.